The van der Waals surface area contributed by atoms with Gasteiger partial charge in [0.2, 0.25) is 5.76 Å². The average Bonchev–Trinajstić information content (AvgIpc) is 3.42. The molecule has 1 aliphatic rings. The molecule has 0 aliphatic carbocycles. The Labute approximate surface area is 173 Å². The van der Waals surface area contributed by atoms with Gasteiger partial charge in [-0.1, -0.05) is 12.1 Å². The summed E-state index contributed by atoms with van der Waals surface area (Å²) < 4.78 is 21.7. The topological polar surface area (TPSA) is 99.0 Å². The first-order chi connectivity index (χ1) is 14.6. The van der Waals surface area contributed by atoms with Gasteiger partial charge in [-0.15, -0.1) is 0 Å². The number of hydrogen-bond donors (Lipinski definition) is 2. The highest BCUT2D eigenvalue weighted by Gasteiger charge is 2.28. The van der Waals surface area contributed by atoms with Gasteiger partial charge in [0, 0.05) is 23.7 Å². The predicted molar refractivity (Wildman–Crippen MR) is 111 cm³/mol. The molecule has 30 heavy (non-hydrogen) atoms. The summed E-state index contributed by atoms with van der Waals surface area (Å²) in [7, 11) is 3.05. The van der Waals surface area contributed by atoms with Crippen molar-refractivity contribution >= 4 is 34.2 Å². The first-order valence-corrected chi connectivity index (χ1v) is 9.58. The van der Waals surface area contributed by atoms with Crippen molar-refractivity contribution in [2.75, 3.05) is 31.5 Å². The van der Waals surface area contributed by atoms with Crippen LogP contribution in [0, 0.1) is 0 Å². The van der Waals surface area contributed by atoms with Gasteiger partial charge < -0.3 is 29.3 Å². The number of para-hydroxylation sites is 1. The largest absolute Gasteiger partial charge is 0.493 e. The van der Waals surface area contributed by atoms with Crippen molar-refractivity contribution in [1.29, 1.82) is 0 Å². The van der Waals surface area contributed by atoms with Gasteiger partial charge in [0.05, 0.1) is 14.2 Å². The average molecular weight is 410 g/mol. The molecule has 0 saturated carbocycles. The Hall–Kier alpha value is -3.52. The zero-order valence-electron chi connectivity index (χ0n) is 16.7. The van der Waals surface area contributed by atoms with Crippen molar-refractivity contribution in [3.8, 4) is 11.5 Å². The third-order valence-corrected chi connectivity index (χ3v) is 4.91. The highest BCUT2D eigenvalue weighted by Crippen LogP contribution is 2.33. The Bertz CT molecular complexity index is 1080. The molecule has 2 N–H and O–H groups in total. The standard InChI is InChI=1S/C22H22N2O6/c1-27-16-10-9-13(12-18(16)28-2)23-22(26)20-19(14-6-3-4-7-15(14)30-20)24-21(25)17-8-5-11-29-17/h3-4,6-7,9-10,12,17H,5,8,11H2,1-2H3,(H,23,26)(H,24,25)/t17-/m0/s1. The van der Waals surface area contributed by atoms with E-state index < -0.39 is 12.0 Å². The zero-order valence-corrected chi connectivity index (χ0v) is 16.7. The molecule has 1 aromatic heterocycles. The molecule has 2 amide bonds. The van der Waals surface area contributed by atoms with E-state index in [0.29, 0.717) is 46.9 Å². The summed E-state index contributed by atoms with van der Waals surface area (Å²) in [5.74, 6) is 0.244. The number of amides is 2. The first-order valence-electron chi connectivity index (χ1n) is 9.58. The van der Waals surface area contributed by atoms with Gasteiger partial charge >= 0.3 is 0 Å². The number of rotatable bonds is 6. The highest BCUT2D eigenvalue weighted by atomic mass is 16.5. The Morgan fingerprint density at radius 3 is 2.57 bits per heavy atom. The number of fused-ring (bicyclic) bond motifs is 1. The summed E-state index contributed by atoms with van der Waals surface area (Å²) in [4.78, 5) is 25.6. The van der Waals surface area contributed by atoms with E-state index in [1.165, 1.54) is 14.2 Å². The first kappa shape index (κ1) is 19.8. The second-order valence-electron chi connectivity index (χ2n) is 6.82. The molecule has 156 valence electrons. The number of carbonyl (C=O) groups excluding carboxylic acids is 2. The monoisotopic (exact) mass is 410 g/mol. The molecule has 4 rings (SSSR count). The molecule has 2 heterocycles. The van der Waals surface area contributed by atoms with E-state index >= 15 is 0 Å². The van der Waals surface area contributed by atoms with Crippen LogP contribution in [0.15, 0.2) is 46.9 Å². The van der Waals surface area contributed by atoms with Crippen molar-refractivity contribution in [2.24, 2.45) is 0 Å². The number of nitrogens with one attached hydrogen (secondary N) is 2. The quantitative estimate of drug-likeness (QED) is 0.641. The van der Waals surface area contributed by atoms with E-state index in [9.17, 15) is 9.59 Å². The van der Waals surface area contributed by atoms with Gasteiger partial charge in [0.1, 0.15) is 17.4 Å². The van der Waals surface area contributed by atoms with Crippen LogP contribution in [0.5, 0.6) is 11.5 Å². The number of anilines is 2. The molecule has 8 heteroatoms. The van der Waals surface area contributed by atoms with Crippen LogP contribution < -0.4 is 20.1 Å². The van der Waals surface area contributed by atoms with Crippen LogP contribution in [0.1, 0.15) is 23.4 Å². The lowest BCUT2D eigenvalue weighted by Gasteiger charge is -2.12. The van der Waals surface area contributed by atoms with Gasteiger partial charge in [-0.25, -0.2) is 0 Å². The zero-order chi connectivity index (χ0) is 21.1. The number of benzene rings is 2. The van der Waals surface area contributed by atoms with Gasteiger partial charge in [-0.05, 0) is 37.1 Å². The van der Waals surface area contributed by atoms with E-state index in [-0.39, 0.29) is 11.7 Å². The normalized spacial score (nSPS) is 15.7. The fourth-order valence-electron chi connectivity index (χ4n) is 3.42. The molecule has 2 aromatic carbocycles. The fraction of sp³-hybridized carbons (Fsp3) is 0.273. The van der Waals surface area contributed by atoms with Crippen molar-refractivity contribution < 1.29 is 28.2 Å². The number of carbonyl (C=O) groups is 2. The molecular formula is C22H22N2O6. The van der Waals surface area contributed by atoms with Crippen molar-refractivity contribution in [3.05, 3.63) is 48.2 Å². The van der Waals surface area contributed by atoms with Crippen molar-refractivity contribution in [1.82, 2.24) is 0 Å². The van der Waals surface area contributed by atoms with Gasteiger partial charge in [-0.3, -0.25) is 9.59 Å². The van der Waals surface area contributed by atoms with Crippen LogP contribution in [0.25, 0.3) is 11.0 Å². The highest BCUT2D eigenvalue weighted by molar-refractivity contribution is 6.15. The molecule has 1 atom stereocenters. The molecule has 0 bridgehead atoms. The summed E-state index contributed by atoms with van der Waals surface area (Å²) in [6, 6.07) is 12.2. The summed E-state index contributed by atoms with van der Waals surface area (Å²) in [5, 5.41) is 6.24. The molecule has 0 spiro atoms. The lowest BCUT2D eigenvalue weighted by molar-refractivity contribution is -0.124. The number of ether oxygens (including phenoxy) is 3. The maximum Gasteiger partial charge on any atom is 0.293 e. The van der Waals surface area contributed by atoms with Crippen LogP contribution in [-0.4, -0.2) is 38.7 Å². The minimum Gasteiger partial charge on any atom is -0.493 e. The Morgan fingerprint density at radius 1 is 1.03 bits per heavy atom. The second-order valence-corrected chi connectivity index (χ2v) is 6.82. The van der Waals surface area contributed by atoms with Gasteiger partial charge in [0.15, 0.2) is 11.5 Å². The van der Waals surface area contributed by atoms with Crippen LogP contribution in [0.4, 0.5) is 11.4 Å². The second kappa shape index (κ2) is 8.46. The molecule has 1 saturated heterocycles. The van der Waals surface area contributed by atoms with Crippen molar-refractivity contribution in [3.63, 3.8) is 0 Å². The summed E-state index contributed by atoms with van der Waals surface area (Å²) in [6.45, 7) is 0.552. The number of methoxy groups -OCH3 is 2. The fourth-order valence-corrected chi connectivity index (χ4v) is 3.42. The lowest BCUT2D eigenvalue weighted by Crippen LogP contribution is -2.27. The maximum atomic E-state index is 13.0. The summed E-state index contributed by atoms with van der Waals surface area (Å²) in [6.07, 6.45) is 0.950. The van der Waals surface area contributed by atoms with E-state index in [1.54, 1.807) is 36.4 Å². The Kier molecular flexibility index (Phi) is 5.58. The lowest BCUT2D eigenvalue weighted by atomic mass is 10.2. The number of hydrogen-bond acceptors (Lipinski definition) is 6. The van der Waals surface area contributed by atoms with Crippen LogP contribution >= 0.6 is 0 Å². The van der Waals surface area contributed by atoms with E-state index in [1.807, 2.05) is 6.07 Å². The van der Waals surface area contributed by atoms with E-state index in [4.69, 9.17) is 18.6 Å². The summed E-state index contributed by atoms with van der Waals surface area (Å²) in [5.41, 5.74) is 1.32. The predicted octanol–water partition coefficient (Wildman–Crippen LogP) is 3.82. The van der Waals surface area contributed by atoms with Crippen LogP contribution in [0.3, 0.4) is 0 Å². The Morgan fingerprint density at radius 2 is 1.83 bits per heavy atom. The van der Waals surface area contributed by atoms with Crippen LogP contribution in [0.2, 0.25) is 0 Å². The summed E-state index contributed by atoms with van der Waals surface area (Å²) >= 11 is 0. The molecule has 3 aromatic rings. The molecule has 0 radical (unpaired) electrons. The van der Waals surface area contributed by atoms with E-state index in [0.717, 1.165) is 6.42 Å². The molecule has 1 aliphatic heterocycles. The molecule has 1 fully saturated rings. The minimum absolute atomic E-state index is 0.0114. The third kappa shape index (κ3) is 3.81. The molecule has 8 nitrogen and oxygen atoms in total. The SMILES string of the molecule is COc1ccc(NC(=O)c2oc3ccccc3c2NC(=O)[C@@H]2CCCO2)cc1OC. The molecule has 0 unspecified atom stereocenters. The van der Waals surface area contributed by atoms with E-state index in [2.05, 4.69) is 10.6 Å². The van der Waals surface area contributed by atoms with Crippen molar-refractivity contribution in [2.45, 2.75) is 18.9 Å². The van der Waals surface area contributed by atoms with Crippen LogP contribution in [-0.2, 0) is 9.53 Å². The maximum absolute atomic E-state index is 13.0. The molecular weight excluding hydrogens is 388 g/mol. The third-order valence-electron chi connectivity index (χ3n) is 4.91. The minimum atomic E-state index is -0.527. The van der Waals surface area contributed by atoms with Gasteiger partial charge in [-0.2, -0.15) is 0 Å². The smallest absolute Gasteiger partial charge is 0.293 e. The van der Waals surface area contributed by atoms with Gasteiger partial charge in [0.25, 0.3) is 11.8 Å². The number of furan rings is 1. The Balaban J connectivity index is 1.64.